The number of thiophene rings is 1. The van der Waals surface area contributed by atoms with E-state index < -0.39 is 0 Å². The Labute approximate surface area is 80.1 Å². The van der Waals surface area contributed by atoms with Gasteiger partial charge >= 0.3 is 0 Å². The van der Waals surface area contributed by atoms with Crippen molar-refractivity contribution in [3.63, 3.8) is 0 Å². The topological polar surface area (TPSA) is 22.0 Å². The van der Waals surface area contributed by atoms with Crippen LogP contribution in [0.1, 0.15) is 10.5 Å². The fourth-order valence-electron chi connectivity index (χ4n) is 1.43. The maximum absolute atomic E-state index is 10.7. The molecular weight excluding hydrogens is 182 g/mol. The van der Waals surface area contributed by atoms with Crippen LogP contribution in [0.3, 0.4) is 0 Å². The number of hydrogen-bond acceptors (Lipinski definition) is 2. The van der Waals surface area contributed by atoms with E-state index in [0.717, 1.165) is 22.2 Å². The fourth-order valence-corrected chi connectivity index (χ4v) is 2.26. The summed E-state index contributed by atoms with van der Waals surface area (Å²) in [4.78, 5) is 10.7. The van der Waals surface area contributed by atoms with Gasteiger partial charge in [0.15, 0.2) is 6.29 Å². The monoisotopic (exact) mass is 191 g/mol. The summed E-state index contributed by atoms with van der Waals surface area (Å²) >= 11 is 1.65. The number of allylic oxidation sites excluding steroid dienone is 1. The third kappa shape index (κ3) is 1.21. The van der Waals surface area contributed by atoms with Gasteiger partial charge in [-0.05, 0) is 17.5 Å². The van der Waals surface area contributed by atoms with Crippen molar-refractivity contribution >= 4 is 27.8 Å². The van der Waals surface area contributed by atoms with Crippen molar-refractivity contribution in [1.82, 2.24) is 4.57 Å². The summed E-state index contributed by atoms with van der Waals surface area (Å²) in [5.41, 5.74) is 1.84. The van der Waals surface area contributed by atoms with Crippen LogP contribution in [0, 0.1) is 0 Å². The van der Waals surface area contributed by atoms with Crippen molar-refractivity contribution in [2.45, 2.75) is 6.54 Å². The Bertz CT molecular complexity index is 452. The van der Waals surface area contributed by atoms with Crippen LogP contribution in [-0.2, 0) is 6.54 Å². The minimum absolute atomic E-state index is 0.689. The minimum atomic E-state index is 0.689. The van der Waals surface area contributed by atoms with Gasteiger partial charge in [-0.2, -0.15) is 0 Å². The van der Waals surface area contributed by atoms with E-state index in [9.17, 15) is 4.79 Å². The average Bonchev–Trinajstić information content (AvgIpc) is 2.67. The summed E-state index contributed by atoms with van der Waals surface area (Å²) < 4.78 is 3.12. The molecule has 0 aliphatic carbocycles. The fraction of sp³-hybridized carbons (Fsp3) is 0.100. The Kier molecular flexibility index (Phi) is 2.02. The maximum Gasteiger partial charge on any atom is 0.166 e. The zero-order valence-electron chi connectivity index (χ0n) is 7.06. The molecule has 2 heterocycles. The molecule has 0 aliphatic heterocycles. The molecule has 66 valence electrons. The lowest BCUT2D eigenvalue weighted by atomic mass is 10.4. The van der Waals surface area contributed by atoms with E-state index >= 15 is 0 Å². The number of hydrogen-bond donors (Lipinski definition) is 0. The molecule has 0 aliphatic rings. The zero-order chi connectivity index (χ0) is 9.26. The Morgan fingerprint density at radius 3 is 3.15 bits per heavy atom. The van der Waals surface area contributed by atoms with Crippen LogP contribution < -0.4 is 0 Å². The molecule has 0 N–H and O–H groups in total. The number of carbonyl (C=O) groups is 1. The van der Waals surface area contributed by atoms with E-state index in [-0.39, 0.29) is 0 Å². The lowest BCUT2D eigenvalue weighted by Gasteiger charge is -2.00. The number of nitrogens with zero attached hydrogens (tertiary/aromatic N) is 1. The highest BCUT2D eigenvalue weighted by atomic mass is 32.1. The quantitative estimate of drug-likeness (QED) is 0.540. The van der Waals surface area contributed by atoms with Crippen LogP contribution in [0.2, 0.25) is 0 Å². The van der Waals surface area contributed by atoms with E-state index in [2.05, 4.69) is 6.58 Å². The van der Waals surface area contributed by atoms with Crippen molar-refractivity contribution in [2.75, 3.05) is 0 Å². The van der Waals surface area contributed by atoms with Gasteiger partial charge in [-0.3, -0.25) is 4.79 Å². The largest absolute Gasteiger partial charge is 0.334 e. The lowest BCUT2D eigenvalue weighted by molar-refractivity contribution is 0.111. The first-order chi connectivity index (χ1) is 6.36. The van der Waals surface area contributed by atoms with E-state index in [1.807, 2.05) is 22.1 Å². The molecule has 13 heavy (non-hydrogen) atoms. The number of aromatic nitrogens is 1. The first-order valence-corrected chi connectivity index (χ1v) is 4.87. The predicted octanol–water partition coefficient (Wildman–Crippen LogP) is 2.70. The number of aldehydes is 1. The van der Waals surface area contributed by atoms with Gasteiger partial charge in [-0.15, -0.1) is 17.9 Å². The van der Waals surface area contributed by atoms with Crippen molar-refractivity contribution in [1.29, 1.82) is 0 Å². The number of rotatable bonds is 3. The predicted molar refractivity (Wildman–Crippen MR) is 55.4 cm³/mol. The smallest absolute Gasteiger partial charge is 0.166 e. The van der Waals surface area contributed by atoms with Crippen LogP contribution >= 0.6 is 11.3 Å². The molecule has 0 bridgehead atoms. The second-order valence-corrected chi connectivity index (χ2v) is 3.70. The molecule has 0 unspecified atom stereocenters. The standard InChI is InChI=1S/C10H9NOS/c1-2-4-11-8(7-12)6-10-9(11)3-5-13-10/h2-3,5-7H,1,4H2. The van der Waals surface area contributed by atoms with Gasteiger partial charge in [0.05, 0.1) is 15.9 Å². The van der Waals surface area contributed by atoms with Crippen LogP contribution in [0.15, 0.2) is 30.2 Å². The maximum atomic E-state index is 10.7. The van der Waals surface area contributed by atoms with Crippen LogP contribution in [0.4, 0.5) is 0 Å². The highest BCUT2D eigenvalue weighted by molar-refractivity contribution is 7.17. The Morgan fingerprint density at radius 1 is 1.62 bits per heavy atom. The van der Waals surface area contributed by atoms with Gasteiger partial charge in [0.1, 0.15) is 0 Å². The normalized spacial score (nSPS) is 10.5. The molecule has 0 saturated heterocycles. The molecule has 2 aromatic heterocycles. The first-order valence-electron chi connectivity index (χ1n) is 3.99. The molecule has 2 rings (SSSR count). The Hall–Kier alpha value is -1.35. The molecule has 0 saturated carbocycles. The third-order valence-electron chi connectivity index (χ3n) is 1.99. The summed E-state index contributed by atoms with van der Waals surface area (Å²) in [5.74, 6) is 0. The van der Waals surface area contributed by atoms with Gasteiger partial charge in [0.25, 0.3) is 0 Å². The zero-order valence-corrected chi connectivity index (χ0v) is 7.88. The third-order valence-corrected chi connectivity index (χ3v) is 2.84. The molecule has 0 radical (unpaired) electrons. The summed E-state index contributed by atoms with van der Waals surface area (Å²) in [6.45, 7) is 4.36. The van der Waals surface area contributed by atoms with Crippen molar-refractivity contribution in [2.24, 2.45) is 0 Å². The van der Waals surface area contributed by atoms with Gasteiger partial charge in [0.2, 0.25) is 0 Å². The highest BCUT2D eigenvalue weighted by Crippen LogP contribution is 2.24. The van der Waals surface area contributed by atoms with E-state index in [0.29, 0.717) is 6.54 Å². The van der Waals surface area contributed by atoms with Gasteiger partial charge in [0, 0.05) is 6.54 Å². The second-order valence-electron chi connectivity index (χ2n) is 2.76. The molecule has 0 amide bonds. The molecule has 0 atom stereocenters. The SMILES string of the molecule is C=CCn1c(C=O)cc2sccc21. The highest BCUT2D eigenvalue weighted by Gasteiger charge is 2.06. The number of carbonyl (C=O) groups excluding carboxylic acids is 1. The minimum Gasteiger partial charge on any atom is -0.334 e. The molecule has 2 aromatic rings. The lowest BCUT2D eigenvalue weighted by Crippen LogP contribution is -1.98. The average molecular weight is 191 g/mol. The Balaban J connectivity index is 2.68. The molecule has 3 heteroatoms. The van der Waals surface area contributed by atoms with Crippen molar-refractivity contribution in [3.05, 3.63) is 35.9 Å². The van der Waals surface area contributed by atoms with Crippen LogP contribution in [-0.4, -0.2) is 10.9 Å². The number of fused-ring (bicyclic) bond motifs is 1. The second kappa shape index (κ2) is 3.18. The van der Waals surface area contributed by atoms with Gasteiger partial charge in [-0.1, -0.05) is 6.08 Å². The van der Waals surface area contributed by atoms with Crippen molar-refractivity contribution in [3.8, 4) is 0 Å². The molecule has 0 fully saturated rings. The molecule has 0 aromatic carbocycles. The van der Waals surface area contributed by atoms with E-state index in [4.69, 9.17) is 0 Å². The summed E-state index contributed by atoms with van der Waals surface area (Å²) in [7, 11) is 0. The Morgan fingerprint density at radius 2 is 2.46 bits per heavy atom. The van der Waals surface area contributed by atoms with Gasteiger partial charge in [-0.25, -0.2) is 0 Å². The molecular formula is C10H9NOS. The van der Waals surface area contributed by atoms with E-state index in [1.165, 1.54) is 0 Å². The van der Waals surface area contributed by atoms with Crippen LogP contribution in [0.25, 0.3) is 10.2 Å². The summed E-state index contributed by atoms with van der Waals surface area (Å²) in [6.07, 6.45) is 2.68. The molecule has 0 spiro atoms. The summed E-state index contributed by atoms with van der Waals surface area (Å²) in [6, 6.07) is 3.94. The summed E-state index contributed by atoms with van der Waals surface area (Å²) in [5, 5.41) is 2.03. The van der Waals surface area contributed by atoms with E-state index in [1.54, 1.807) is 17.4 Å². The van der Waals surface area contributed by atoms with Gasteiger partial charge < -0.3 is 4.57 Å². The molecule has 2 nitrogen and oxygen atoms in total. The van der Waals surface area contributed by atoms with Crippen LogP contribution in [0.5, 0.6) is 0 Å². The first kappa shape index (κ1) is 8.26. The van der Waals surface area contributed by atoms with Crippen molar-refractivity contribution < 1.29 is 4.79 Å².